The fraction of sp³-hybridized carbons (Fsp3) is 0.556. The molecule has 0 bridgehead atoms. The van der Waals surface area contributed by atoms with Gasteiger partial charge in [-0.25, -0.2) is 4.98 Å². The SMILES string of the molecule is O=C(c1cc[nH]c(=O)c1)N1C[C@H](c2nc(C3CC3)n[nH]2)[C@@H](C2CC2)C1. The van der Waals surface area contributed by atoms with E-state index in [0.29, 0.717) is 29.9 Å². The fourth-order valence-electron chi connectivity index (χ4n) is 4.02. The summed E-state index contributed by atoms with van der Waals surface area (Å²) < 4.78 is 0. The predicted molar refractivity (Wildman–Crippen MR) is 90.3 cm³/mol. The molecule has 3 aliphatic rings. The van der Waals surface area contributed by atoms with Gasteiger partial charge in [-0.2, -0.15) is 5.10 Å². The van der Waals surface area contributed by atoms with Crippen molar-refractivity contribution in [2.45, 2.75) is 37.5 Å². The Hall–Kier alpha value is -2.44. The molecule has 0 radical (unpaired) electrons. The molecule has 7 nitrogen and oxygen atoms in total. The number of nitrogens with zero attached hydrogens (tertiary/aromatic N) is 3. The minimum Gasteiger partial charge on any atom is -0.338 e. The third-order valence-electron chi connectivity index (χ3n) is 5.72. The van der Waals surface area contributed by atoms with Gasteiger partial charge in [0.15, 0.2) is 5.82 Å². The molecule has 0 aromatic carbocycles. The van der Waals surface area contributed by atoms with Crippen LogP contribution >= 0.6 is 0 Å². The van der Waals surface area contributed by atoms with E-state index in [0.717, 1.165) is 18.2 Å². The Kier molecular flexibility index (Phi) is 3.29. The van der Waals surface area contributed by atoms with Crippen molar-refractivity contribution in [2.24, 2.45) is 11.8 Å². The van der Waals surface area contributed by atoms with Gasteiger partial charge in [0.1, 0.15) is 5.82 Å². The second-order valence-corrected chi connectivity index (χ2v) is 7.61. The van der Waals surface area contributed by atoms with E-state index >= 15 is 0 Å². The number of hydrogen-bond donors (Lipinski definition) is 2. The highest BCUT2D eigenvalue weighted by molar-refractivity contribution is 5.94. The van der Waals surface area contributed by atoms with Crippen molar-refractivity contribution in [3.05, 3.63) is 45.9 Å². The Labute approximate surface area is 144 Å². The molecule has 1 amide bonds. The summed E-state index contributed by atoms with van der Waals surface area (Å²) in [5, 5.41) is 7.53. The Morgan fingerprint density at radius 2 is 2.04 bits per heavy atom. The van der Waals surface area contributed by atoms with E-state index in [1.54, 1.807) is 6.07 Å². The number of carbonyl (C=O) groups excluding carboxylic acids is 1. The van der Waals surface area contributed by atoms with Gasteiger partial charge in [-0.1, -0.05) is 0 Å². The molecule has 2 aromatic heterocycles. The van der Waals surface area contributed by atoms with Gasteiger partial charge >= 0.3 is 0 Å². The zero-order chi connectivity index (χ0) is 17.0. The highest BCUT2D eigenvalue weighted by atomic mass is 16.2. The van der Waals surface area contributed by atoms with Gasteiger partial charge in [0.2, 0.25) is 5.56 Å². The van der Waals surface area contributed by atoms with E-state index in [1.165, 1.54) is 37.9 Å². The van der Waals surface area contributed by atoms with Crippen molar-refractivity contribution < 1.29 is 4.79 Å². The second-order valence-electron chi connectivity index (χ2n) is 7.61. The average molecular weight is 339 g/mol. The summed E-state index contributed by atoms with van der Waals surface area (Å²) in [7, 11) is 0. The summed E-state index contributed by atoms with van der Waals surface area (Å²) >= 11 is 0. The van der Waals surface area contributed by atoms with Crippen LogP contribution < -0.4 is 5.56 Å². The van der Waals surface area contributed by atoms with E-state index in [9.17, 15) is 9.59 Å². The molecule has 2 aliphatic carbocycles. The molecule has 7 heteroatoms. The van der Waals surface area contributed by atoms with Crippen LogP contribution in [0.25, 0.3) is 0 Å². The van der Waals surface area contributed by atoms with E-state index < -0.39 is 0 Å². The third-order valence-corrected chi connectivity index (χ3v) is 5.72. The van der Waals surface area contributed by atoms with Crippen molar-refractivity contribution in [2.75, 3.05) is 13.1 Å². The van der Waals surface area contributed by atoms with Crippen LogP contribution in [0, 0.1) is 11.8 Å². The first kappa shape index (κ1) is 14.9. The summed E-state index contributed by atoms with van der Waals surface area (Å²) in [6, 6.07) is 3.05. The van der Waals surface area contributed by atoms with Gasteiger partial charge < -0.3 is 9.88 Å². The molecule has 2 atom stereocenters. The molecule has 0 unspecified atom stereocenters. The number of nitrogens with one attached hydrogen (secondary N) is 2. The third kappa shape index (κ3) is 2.77. The van der Waals surface area contributed by atoms with Crippen molar-refractivity contribution in [3.63, 3.8) is 0 Å². The Balaban J connectivity index is 1.39. The van der Waals surface area contributed by atoms with Crippen molar-refractivity contribution in [1.82, 2.24) is 25.1 Å². The number of aromatic nitrogens is 4. The number of carbonyl (C=O) groups is 1. The first-order valence-corrected chi connectivity index (χ1v) is 9.09. The van der Waals surface area contributed by atoms with Crippen LogP contribution in [0.3, 0.4) is 0 Å². The number of aromatic amines is 2. The predicted octanol–water partition coefficient (Wildman–Crippen LogP) is 1.64. The maximum absolute atomic E-state index is 12.8. The number of amides is 1. The van der Waals surface area contributed by atoms with Crippen LogP contribution in [0.5, 0.6) is 0 Å². The van der Waals surface area contributed by atoms with Gasteiger partial charge in [0, 0.05) is 42.8 Å². The largest absolute Gasteiger partial charge is 0.338 e. The Morgan fingerprint density at radius 3 is 2.76 bits per heavy atom. The molecule has 1 saturated heterocycles. The topological polar surface area (TPSA) is 94.7 Å². The molecule has 2 N–H and O–H groups in total. The lowest BCUT2D eigenvalue weighted by molar-refractivity contribution is 0.0784. The van der Waals surface area contributed by atoms with Crippen LogP contribution in [-0.2, 0) is 0 Å². The molecule has 25 heavy (non-hydrogen) atoms. The average Bonchev–Trinajstić information content (AvgIpc) is 3.55. The van der Waals surface area contributed by atoms with Crippen LogP contribution in [-0.4, -0.2) is 44.1 Å². The quantitative estimate of drug-likeness (QED) is 0.885. The smallest absolute Gasteiger partial charge is 0.254 e. The highest BCUT2D eigenvalue weighted by Crippen LogP contribution is 2.47. The molecular weight excluding hydrogens is 318 g/mol. The molecule has 0 spiro atoms. The summed E-state index contributed by atoms with van der Waals surface area (Å²) in [4.78, 5) is 33.5. The normalized spacial score (nSPS) is 26.2. The summed E-state index contributed by atoms with van der Waals surface area (Å²) in [5.41, 5.74) is 0.208. The second kappa shape index (κ2) is 5.54. The Morgan fingerprint density at radius 1 is 1.20 bits per heavy atom. The van der Waals surface area contributed by atoms with Crippen LogP contribution in [0.4, 0.5) is 0 Å². The Bertz CT molecular complexity index is 864. The lowest BCUT2D eigenvalue weighted by Gasteiger charge is -2.16. The molecule has 2 saturated carbocycles. The minimum absolute atomic E-state index is 0.0684. The first-order chi connectivity index (χ1) is 12.2. The number of pyridine rings is 1. The summed E-state index contributed by atoms with van der Waals surface area (Å²) in [5.74, 6) is 3.66. The van der Waals surface area contributed by atoms with E-state index in [4.69, 9.17) is 4.98 Å². The van der Waals surface area contributed by atoms with Crippen molar-refractivity contribution in [3.8, 4) is 0 Å². The molecule has 1 aliphatic heterocycles. The van der Waals surface area contributed by atoms with Gasteiger partial charge in [0.05, 0.1) is 0 Å². The standard InChI is InChI=1S/C18H21N5O2/c24-15-7-12(5-6-19-15)18(25)23-8-13(10-1-2-10)14(9-23)17-20-16(21-22-17)11-3-4-11/h5-7,10-11,13-14H,1-4,8-9H2,(H,19,24)(H,20,21,22)/t13-,14+/m1/s1. The minimum atomic E-state index is -0.246. The molecule has 3 fully saturated rings. The molecule has 5 rings (SSSR count). The summed E-state index contributed by atoms with van der Waals surface area (Å²) in [6.45, 7) is 1.38. The van der Waals surface area contributed by atoms with Crippen LogP contribution in [0.2, 0.25) is 0 Å². The van der Waals surface area contributed by atoms with Gasteiger partial charge in [-0.15, -0.1) is 0 Å². The maximum Gasteiger partial charge on any atom is 0.254 e. The lowest BCUT2D eigenvalue weighted by Crippen LogP contribution is -2.30. The zero-order valence-corrected chi connectivity index (χ0v) is 13.9. The monoisotopic (exact) mass is 339 g/mol. The number of likely N-dealkylation sites (tertiary alicyclic amines) is 1. The van der Waals surface area contributed by atoms with Crippen molar-refractivity contribution in [1.29, 1.82) is 0 Å². The number of H-pyrrole nitrogens is 2. The first-order valence-electron chi connectivity index (χ1n) is 9.09. The van der Waals surface area contributed by atoms with E-state index in [2.05, 4.69) is 15.2 Å². The number of hydrogen-bond acceptors (Lipinski definition) is 4. The van der Waals surface area contributed by atoms with Crippen molar-refractivity contribution >= 4 is 5.91 Å². The number of rotatable bonds is 4. The van der Waals surface area contributed by atoms with Gasteiger partial charge in [-0.3, -0.25) is 14.7 Å². The lowest BCUT2D eigenvalue weighted by atomic mass is 9.91. The van der Waals surface area contributed by atoms with Crippen LogP contribution in [0.1, 0.15) is 59.5 Å². The zero-order valence-electron chi connectivity index (χ0n) is 13.9. The van der Waals surface area contributed by atoms with Crippen LogP contribution in [0.15, 0.2) is 23.1 Å². The summed E-state index contributed by atoms with van der Waals surface area (Å²) in [6.07, 6.45) is 6.36. The van der Waals surface area contributed by atoms with Gasteiger partial charge in [-0.05, 0) is 43.6 Å². The molecular formula is C18H21N5O2. The maximum atomic E-state index is 12.8. The highest BCUT2D eigenvalue weighted by Gasteiger charge is 2.46. The van der Waals surface area contributed by atoms with Gasteiger partial charge in [0.25, 0.3) is 5.91 Å². The molecule has 2 aromatic rings. The molecule has 3 heterocycles. The molecule has 130 valence electrons. The fourth-order valence-corrected chi connectivity index (χ4v) is 4.02. The van der Waals surface area contributed by atoms with E-state index in [1.807, 2.05) is 4.90 Å². The van der Waals surface area contributed by atoms with E-state index in [-0.39, 0.29) is 17.4 Å².